The Kier molecular flexibility index (Phi) is 8.06. The quantitative estimate of drug-likeness (QED) is 0.509. The molecule has 0 unspecified atom stereocenters. The summed E-state index contributed by atoms with van der Waals surface area (Å²) in [6.07, 6.45) is 4.53. The van der Waals surface area contributed by atoms with E-state index in [9.17, 15) is 0 Å². The fourth-order valence-electron chi connectivity index (χ4n) is 3.30. The third kappa shape index (κ3) is 6.60. The molecule has 0 amide bonds. The summed E-state index contributed by atoms with van der Waals surface area (Å²) in [5, 5.41) is 6.78. The van der Waals surface area contributed by atoms with Crippen LogP contribution in [-0.4, -0.2) is 80.8 Å². The summed E-state index contributed by atoms with van der Waals surface area (Å²) in [6, 6.07) is 10.0. The lowest BCUT2D eigenvalue weighted by Gasteiger charge is -2.34. The second-order valence-corrected chi connectivity index (χ2v) is 6.90. The molecule has 0 saturated carbocycles. The third-order valence-electron chi connectivity index (χ3n) is 5.02. The number of benzene rings is 1. The molecule has 2 N–H and O–H groups in total. The molecule has 0 bridgehead atoms. The van der Waals surface area contributed by atoms with E-state index in [4.69, 9.17) is 4.74 Å². The molecule has 1 saturated heterocycles. The molecule has 0 radical (unpaired) electrons. The highest BCUT2D eigenvalue weighted by Gasteiger charge is 2.18. The van der Waals surface area contributed by atoms with Crippen LogP contribution in [0.2, 0.25) is 0 Å². The number of rotatable bonds is 8. The maximum Gasteiger partial charge on any atom is 0.225 e. The lowest BCUT2D eigenvalue weighted by atomic mass is 10.1. The molecule has 8 nitrogen and oxygen atoms in total. The number of ether oxygens (including phenoxy) is 1. The van der Waals surface area contributed by atoms with E-state index < -0.39 is 0 Å². The largest absolute Gasteiger partial charge is 0.497 e. The number of anilines is 1. The van der Waals surface area contributed by atoms with Crippen LogP contribution in [-0.2, 0) is 6.42 Å². The molecule has 0 aliphatic carbocycles. The summed E-state index contributed by atoms with van der Waals surface area (Å²) in [5.74, 6) is 2.55. The maximum absolute atomic E-state index is 5.19. The van der Waals surface area contributed by atoms with Gasteiger partial charge in [0.05, 0.1) is 7.11 Å². The van der Waals surface area contributed by atoms with Gasteiger partial charge in [-0.1, -0.05) is 12.1 Å². The molecule has 1 aromatic carbocycles. The first-order valence-electron chi connectivity index (χ1n) is 10.1. The van der Waals surface area contributed by atoms with E-state index >= 15 is 0 Å². The molecule has 2 heterocycles. The second-order valence-electron chi connectivity index (χ2n) is 6.90. The van der Waals surface area contributed by atoms with Crippen molar-refractivity contribution in [3.63, 3.8) is 0 Å². The van der Waals surface area contributed by atoms with Crippen molar-refractivity contribution in [3.05, 3.63) is 48.3 Å². The Hall–Kier alpha value is -2.87. The minimum absolute atomic E-state index is 0.826. The number of guanidine groups is 1. The highest BCUT2D eigenvalue weighted by Crippen LogP contribution is 2.11. The van der Waals surface area contributed by atoms with E-state index in [1.807, 2.05) is 18.2 Å². The van der Waals surface area contributed by atoms with E-state index in [1.165, 1.54) is 5.56 Å². The molecule has 0 spiro atoms. The Labute approximate surface area is 173 Å². The van der Waals surface area contributed by atoms with Crippen LogP contribution in [0.25, 0.3) is 0 Å². The predicted octanol–water partition coefficient (Wildman–Crippen LogP) is 1.01. The van der Waals surface area contributed by atoms with Crippen molar-refractivity contribution >= 4 is 11.9 Å². The van der Waals surface area contributed by atoms with Crippen LogP contribution in [0.1, 0.15) is 5.56 Å². The SMILES string of the molecule is CN=C(NCCc1ccc(OC)cc1)NCCN1CCN(c2ncccn2)CC1. The second kappa shape index (κ2) is 11.2. The Bertz CT molecular complexity index is 743. The lowest BCUT2D eigenvalue weighted by Crippen LogP contribution is -2.49. The Balaban J connectivity index is 1.31. The normalized spacial score (nSPS) is 15.2. The number of aromatic nitrogens is 2. The number of hydrogen-bond acceptors (Lipinski definition) is 6. The average Bonchev–Trinajstić information content (AvgIpc) is 2.79. The Morgan fingerprint density at radius 3 is 2.38 bits per heavy atom. The van der Waals surface area contributed by atoms with E-state index in [1.54, 1.807) is 26.6 Å². The molecule has 29 heavy (non-hydrogen) atoms. The van der Waals surface area contributed by atoms with Crippen molar-refractivity contribution < 1.29 is 4.74 Å². The van der Waals surface area contributed by atoms with Gasteiger partial charge >= 0.3 is 0 Å². The molecule has 2 aromatic rings. The molecular formula is C21H31N7O. The lowest BCUT2D eigenvalue weighted by molar-refractivity contribution is 0.260. The van der Waals surface area contributed by atoms with E-state index in [2.05, 4.69) is 47.5 Å². The topological polar surface area (TPSA) is 77.9 Å². The molecule has 156 valence electrons. The van der Waals surface area contributed by atoms with Crippen molar-refractivity contribution in [2.24, 2.45) is 4.99 Å². The molecule has 1 aromatic heterocycles. The van der Waals surface area contributed by atoms with E-state index in [0.29, 0.717) is 0 Å². The van der Waals surface area contributed by atoms with Crippen molar-refractivity contribution in [2.75, 3.05) is 64.9 Å². The zero-order valence-electron chi connectivity index (χ0n) is 17.3. The van der Waals surface area contributed by atoms with Gasteiger partial charge in [0.25, 0.3) is 0 Å². The molecule has 1 aliphatic rings. The standard InChI is InChI=1S/C21H31N7O/c1-22-20(23-11-8-18-4-6-19(29-2)7-5-18)24-12-13-27-14-16-28(17-15-27)21-25-9-3-10-26-21/h3-7,9-10H,8,11-17H2,1-2H3,(H2,22,23,24). The van der Waals surface area contributed by atoms with Crippen molar-refractivity contribution in [1.82, 2.24) is 25.5 Å². The zero-order valence-corrected chi connectivity index (χ0v) is 17.3. The van der Waals surface area contributed by atoms with Crippen LogP contribution in [0.4, 0.5) is 5.95 Å². The maximum atomic E-state index is 5.19. The van der Waals surface area contributed by atoms with Gasteiger partial charge in [-0.05, 0) is 30.2 Å². The van der Waals surface area contributed by atoms with Gasteiger partial charge in [-0.2, -0.15) is 0 Å². The first kappa shape index (κ1) is 20.9. The number of methoxy groups -OCH3 is 1. The number of piperazine rings is 1. The van der Waals surface area contributed by atoms with Crippen LogP contribution in [0.3, 0.4) is 0 Å². The molecule has 8 heteroatoms. The monoisotopic (exact) mass is 397 g/mol. The number of aliphatic imine (C=N–C) groups is 1. The molecule has 0 atom stereocenters. The number of nitrogens with one attached hydrogen (secondary N) is 2. The number of hydrogen-bond donors (Lipinski definition) is 2. The van der Waals surface area contributed by atoms with Crippen molar-refractivity contribution in [2.45, 2.75) is 6.42 Å². The van der Waals surface area contributed by atoms with Gasteiger partial charge in [-0.15, -0.1) is 0 Å². The Morgan fingerprint density at radius 1 is 1.03 bits per heavy atom. The van der Waals surface area contributed by atoms with Gasteiger partial charge in [-0.3, -0.25) is 9.89 Å². The molecule has 1 aliphatic heterocycles. The van der Waals surface area contributed by atoms with Gasteiger partial charge < -0.3 is 20.3 Å². The minimum atomic E-state index is 0.826. The smallest absolute Gasteiger partial charge is 0.225 e. The fourth-order valence-corrected chi connectivity index (χ4v) is 3.30. The van der Waals surface area contributed by atoms with Gasteiger partial charge in [0.2, 0.25) is 5.95 Å². The first-order chi connectivity index (χ1) is 14.3. The molecule has 3 rings (SSSR count). The fraction of sp³-hybridized carbons (Fsp3) is 0.476. The van der Waals surface area contributed by atoms with Crippen LogP contribution in [0.5, 0.6) is 5.75 Å². The summed E-state index contributed by atoms with van der Waals surface area (Å²) in [4.78, 5) is 17.7. The third-order valence-corrected chi connectivity index (χ3v) is 5.02. The average molecular weight is 398 g/mol. The summed E-state index contributed by atoms with van der Waals surface area (Å²) >= 11 is 0. The summed E-state index contributed by atoms with van der Waals surface area (Å²) in [6.45, 7) is 6.64. The highest BCUT2D eigenvalue weighted by atomic mass is 16.5. The van der Waals surface area contributed by atoms with Gasteiger partial charge in [-0.25, -0.2) is 9.97 Å². The van der Waals surface area contributed by atoms with Gasteiger partial charge in [0, 0.05) is 65.3 Å². The number of nitrogens with zero attached hydrogens (tertiary/aromatic N) is 5. The summed E-state index contributed by atoms with van der Waals surface area (Å²) in [5.41, 5.74) is 1.27. The van der Waals surface area contributed by atoms with Crippen LogP contribution in [0, 0.1) is 0 Å². The van der Waals surface area contributed by atoms with Crippen LogP contribution >= 0.6 is 0 Å². The van der Waals surface area contributed by atoms with Gasteiger partial charge in [0.15, 0.2) is 5.96 Å². The Morgan fingerprint density at radius 2 is 1.72 bits per heavy atom. The molecular weight excluding hydrogens is 366 g/mol. The minimum Gasteiger partial charge on any atom is -0.497 e. The highest BCUT2D eigenvalue weighted by molar-refractivity contribution is 5.79. The summed E-state index contributed by atoms with van der Waals surface area (Å²) in [7, 11) is 3.49. The first-order valence-corrected chi connectivity index (χ1v) is 10.1. The van der Waals surface area contributed by atoms with Gasteiger partial charge in [0.1, 0.15) is 5.75 Å². The van der Waals surface area contributed by atoms with E-state index in [-0.39, 0.29) is 0 Å². The zero-order chi connectivity index (χ0) is 20.3. The van der Waals surface area contributed by atoms with E-state index in [0.717, 1.165) is 69.9 Å². The van der Waals surface area contributed by atoms with Crippen LogP contribution < -0.4 is 20.3 Å². The van der Waals surface area contributed by atoms with Crippen molar-refractivity contribution in [3.8, 4) is 5.75 Å². The molecule has 1 fully saturated rings. The summed E-state index contributed by atoms with van der Waals surface area (Å²) < 4.78 is 5.19. The van der Waals surface area contributed by atoms with Crippen LogP contribution in [0.15, 0.2) is 47.7 Å². The van der Waals surface area contributed by atoms with Crippen molar-refractivity contribution in [1.29, 1.82) is 0 Å². The predicted molar refractivity (Wildman–Crippen MR) is 117 cm³/mol.